The molecule has 1 aliphatic rings. The maximum Gasteiger partial charge on any atom is 0.416 e. The number of fused-ring (bicyclic) bond motifs is 1. The number of hydrogen-bond acceptors (Lipinski definition) is 5. The topological polar surface area (TPSA) is 72.9 Å². The van der Waals surface area contributed by atoms with Gasteiger partial charge in [0, 0.05) is 11.4 Å². The van der Waals surface area contributed by atoms with Gasteiger partial charge in [-0.2, -0.15) is 13.2 Å². The minimum Gasteiger partial charge on any atom is -0.486 e. The van der Waals surface area contributed by atoms with Crippen LogP contribution in [0.25, 0.3) is 11.6 Å². The summed E-state index contributed by atoms with van der Waals surface area (Å²) in [5, 5.41) is 0.551. The Labute approximate surface area is 229 Å². The van der Waals surface area contributed by atoms with E-state index in [0.29, 0.717) is 16.7 Å². The molecule has 0 bridgehead atoms. The Morgan fingerprint density at radius 1 is 1.13 bits per heavy atom. The number of halogens is 4. The van der Waals surface area contributed by atoms with Crippen LogP contribution in [-0.4, -0.2) is 34.1 Å². The predicted octanol–water partition coefficient (Wildman–Crippen LogP) is 6.83. The van der Waals surface area contributed by atoms with E-state index in [9.17, 15) is 26.4 Å². The number of ether oxygens (including phenoxy) is 2. The molecular weight excluding hydrogens is 555 g/mol. The van der Waals surface area contributed by atoms with E-state index in [1.807, 2.05) is 31.2 Å². The quantitative estimate of drug-likeness (QED) is 0.227. The first-order valence-corrected chi connectivity index (χ1v) is 13.7. The standard InChI is InChI=1S/C28H25ClF3NO5S/c1-18(23-8-3-4-9-24(23)29)14-19-10-12-26-25(15-19)33(17-21(38-26)11-13-27(34)37-2)39(35,36)22-7-5-6-20(16-22)28(30,31)32/h3-10,12,14-16,21H,11,13,17H2,1-2H3. The van der Waals surface area contributed by atoms with Crippen molar-refractivity contribution >= 4 is 44.9 Å². The molecule has 1 heterocycles. The van der Waals surface area contributed by atoms with Crippen molar-refractivity contribution in [3.8, 4) is 5.75 Å². The number of allylic oxidation sites excluding steroid dienone is 1. The maximum absolute atomic E-state index is 13.7. The summed E-state index contributed by atoms with van der Waals surface area (Å²) in [5.74, 6) is -0.272. The normalized spacial score (nSPS) is 15.9. The highest BCUT2D eigenvalue weighted by Gasteiger charge is 2.37. The van der Waals surface area contributed by atoms with Gasteiger partial charge in [0.25, 0.3) is 10.0 Å². The van der Waals surface area contributed by atoms with Gasteiger partial charge in [0.15, 0.2) is 0 Å². The average molecular weight is 580 g/mol. The molecule has 0 N–H and O–H groups in total. The second kappa shape index (κ2) is 11.3. The highest BCUT2D eigenvalue weighted by Crippen LogP contribution is 2.40. The molecule has 0 amide bonds. The molecule has 1 atom stereocenters. The molecule has 0 aliphatic carbocycles. The summed E-state index contributed by atoms with van der Waals surface area (Å²) in [4.78, 5) is 11.2. The predicted molar refractivity (Wildman–Crippen MR) is 143 cm³/mol. The van der Waals surface area contributed by atoms with Crippen LogP contribution < -0.4 is 9.04 Å². The molecular formula is C28H25ClF3NO5S. The molecule has 1 unspecified atom stereocenters. The van der Waals surface area contributed by atoms with Crippen LogP contribution in [0.4, 0.5) is 18.9 Å². The van der Waals surface area contributed by atoms with Gasteiger partial charge in [-0.3, -0.25) is 9.10 Å². The van der Waals surface area contributed by atoms with Gasteiger partial charge in [-0.1, -0.05) is 48.0 Å². The van der Waals surface area contributed by atoms with Crippen LogP contribution in [0.3, 0.4) is 0 Å². The van der Waals surface area contributed by atoms with Crippen molar-refractivity contribution in [3.05, 3.63) is 88.4 Å². The second-order valence-corrected chi connectivity index (χ2v) is 11.2. The number of carbonyl (C=O) groups is 1. The average Bonchev–Trinajstić information content (AvgIpc) is 2.91. The van der Waals surface area contributed by atoms with Crippen molar-refractivity contribution < 1.29 is 35.9 Å². The summed E-state index contributed by atoms with van der Waals surface area (Å²) in [6.45, 7) is 1.65. The third kappa shape index (κ3) is 6.39. The summed E-state index contributed by atoms with van der Waals surface area (Å²) >= 11 is 6.31. The number of alkyl halides is 3. The Hall–Kier alpha value is -3.50. The van der Waals surface area contributed by atoms with E-state index in [0.717, 1.165) is 33.6 Å². The molecule has 11 heteroatoms. The first-order chi connectivity index (χ1) is 18.4. The molecule has 3 aromatic rings. The number of nitrogens with zero attached hydrogens (tertiary/aromatic N) is 1. The second-order valence-electron chi connectivity index (χ2n) is 8.95. The van der Waals surface area contributed by atoms with E-state index >= 15 is 0 Å². The van der Waals surface area contributed by atoms with Crippen LogP contribution in [0.1, 0.15) is 36.5 Å². The Bertz CT molecular complexity index is 1520. The first-order valence-electron chi connectivity index (χ1n) is 11.9. The summed E-state index contributed by atoms with van der Waals surface area (Å²) in [6.07, 6.45) is -3.51. The number of rotatable bonds is 7. The first kappa shape index (κ1) is 28.5. The van der Waals surface area contributed by atoms with Crippen LogP contribution in [0.2, 0.25) is 5.02 Å². The Morgan fingerprint density at radius 2 is 1.87 bits per heavy atom. The van der Waals surface area contributed by atoms with Gasteiger partial charge in [0.2, 0.25) is 0 Å². The van der Waals surface area contributed by atoms with Crippen molar-refractivity contribution in [1.82, 2.24) is 0 Å². The van der Waals surface area contributed by atoms with Gasteiger partial charge < -0.3 is 9.47 Å². The Balaban J connectivity index is 1.77. The number of benzene rings is 3. The lowest BCUT2D eigenvalue weighted by molar-refractivity contribution is -0.141. The molecule has 0 aromatic heterocycles. The summed E-state index contributed by atoms with van der Waals surface area (Å²) in [7, 11) is -3.20. The highest BCUT2D eigenvalue weighted by molar-refractivity contribution is 7.92. The molecule has 6 nitrogen and oxygen atoms in total. The van der Waals surface area contributed by atoms with Crippen LogP contribution in [-0.2, 0) is 25.7 Å². The number of carbonyl (C=O) groups excluding carboxylic acids is 1. The summed E-state index contributed by atoms with van der Waals surface area (Å²) in [6, 6.07) is 15.8. The molecule has 0 saturated carbocycles. The third-order valence-corrected chi connectivity index (χ3v) is 8.35. The van der Waals surface area contributed by atoms with Crippen molar-refractivity contribution in [2.45, 2.75) is 36.9 Å². The van der Waals surface area contributed by atoms with Crippen molar-refractivity contribution in [1.29, 1.82) is 0 Å². The molecule has 0 radical (unpaired) electrons. The maximum atomic E-state index is 13.7. The lowest BCUT2D eigenvalue weighted by Gasteiger charge is -2.35. The van der Waals surface area contributed by atoms with Gasteiger partial charge in [-0.05, 0) is 66.4 Å². The van der Waals surface area contributed by atoms with Gasteiger partial charge in [0.05, 0.1) is 29.8 Å². The molecule has 39 heavy (non-hydrogen) atoms. The highest BCUT2D eigenvalue weighted by atomic mass is 35.5. The van der Waals surface area contributed by atoms with Crippen molar-refractivity contribution in [2.75, 3.05) is 18.0 Å². The summed E-state index contributed by atoms with van der Waals surface area (Å²) in [5.41, 5.74) is 1.34. The fourth-order valence-corrected chi connectivity index (χ4v) is 6.08. The van der Waals surface area contributed by atoms with Crippen LogP contribution in [0.15, 0.2) is 71.6 Å². The van der Waals surface area contributed by atoms with E-state index in [4.69, 9.17) is 16.3 Å². The van der Waals surface area contributed by atoms with Crippen molar-refractivity contribution in [2.24, 2.45) is 0 Å². The number of sulfonamides is 1. The minimum atomic E-state index is -4.72. The van der Waals surface area contributed by atoms with E-state index in [-0.39, 0.29) is 30.8 Å². The van der Waals surface area contributed by atoms with Gasteiger partial charge in [0.1, 0.15) is 11.9 Å². The van der Waals surface area contributed by atoms with E-state index < -0.39 is 38.7 Å². The Morgan fingerprint density at radius 3 is 2.56 bits per heavy atom. The molecule has 0 spiro atoms. The van der Waals surface area contributed by atoms with E-state index in [1.54, 1.807) is 24.3 Å². The van der Waals surface area contributed by atoms with Crippen LogP contribution in [0, 0.1) is 0 Å². The summed E-state index contributed by atoms with van der Waals surface area (Å²) < 4.78 is 79.3. The molecule has 0 fully saturated rings. The van der Waals surface area contributed by atoms with Gasteiger partial charge >= 0.3 is 12.1 Å². The smallest absolute Gasteiger partial charge is 0.416 e. The van der Waals surface area contributed by atoms with Crippen LogP contribution in [0.5, 0.6) is 5.75 Å². The van der Waals surface area contributed by atoms with Gasteiger partial charge in [-0.25, -0.2) is 8.42 Å². The van der Waals surface area contributed by atoms with E-state index in [1.165, 1.54) is 7.11 Å². The monoisotopic (exact) mass is 579 g/mol. The largest absolute Gasteiger partial charge is 0.486 e. The third-order valence-electron chi connectivity index (χ3n) is 6.24. The number of esters is 1. The van der Waals surface area contributed by atoms with Gasteiger partial charge in [-0.15, -0.1) is 0 Å². The van der Waals surface area contributed by atoms with Crippen molar-refractivity contribution in [3.63, 3.8) is 0 Å². The lowest BCUT2D eigenvalue weighted by atomic mass is 10.0. The molecule has 1 aliphatic heterocycles. The molecule has 206 valence electrons. The SMILES string of the molecule is COC(=O)CCC1CN(S(=O)(=O)c2cccc(C(F)(F)F)c2)c2cc(C=C(C)c3ccccc3Cl)ccc2O1. The minimum absolute atomic E-state index is 0.0220. The molecule has 4 rings (SSSR count). The van der Waals surface area contributed by atoms with E-state index in [2.05, 4.69) is 4.74 Å². The number of hydrogen-bond donors (Lipinski definition) is 0. The number of methoxy groups -OCH3 is 1. The number of anilines is 1. The Kier molecular flexibility index (Phi) is 8.27. The lowest BCUT2D eigenvalue weighted by Crippen LogP contribution is -2.43. The zero-order chi connectivity index (χ0) is 28.4. The molecule has 3 aromatic carbocycles. The fourth-order valence-electron chi connectivity index (χ4n) is 4.25. The zero-order valence-corrected chi connectivity index (χ0v) is 22.6. The molecule has 0 saturated heterocycles. The van der Waals surface area contributed by atoms with Crippen LogP contribution >= 0.6 is 11.6 Å². The fraction of sp³-hybridized carbons (Fsp3) is 0.250. The zero-order valence-electron chi connectivity index (χ0n) is 21.0.